The summed E-state index contributed by atoms with van der Waals surface area (Å²) in [5.41, 5.74) is 5.10. The van der Waals surface area contributed by atoms with E-state index >= 15 is 0 Å². The van der Waals surface area contributed by atoms with Crippen molar-refractivity contribution in [3.05, 3.63) is 54.1 Å². The van der Waals surface area contributed by atoms with Gasteiger partial charge in [-0.25, -0.2) is 0 Å². The maximum atomic E-state index is 5.60. The Hall–Kier alpha value is -2.22. The van der Waals surface area contributed by atoms with Crippen molar-refractivity contribution in [2.45, 2.75) is 26.8 Å². The number of benzene rings is 2. The average molecular weight is 279 g/mol. The highest BCUT2D eigenvalue weighted by Crippen LogP contribution is 2.37. The molecule has 0 aliphatic rings. The minimum absolute atomic E-state index is 0.950. The molecule has 0 aliphatic carbocycles. The van der Waals surface area contributed by atoms with E-state index in [9.17, 15) is 0 Å². The highest BCUT2D eigenvalue weighted by molar-refractivity contribution is 5.95. The molecule has 1 heterocycles. The van der Waals surface area contributed by atoms with Gasteiger partial charge in [-0.15, -0.1) is 0 Å². The third kappa shape index (κ3) is 2.21. The first kappa shape index (κ1) is 13.7. The van der Waals surface area contributed by atoms with Crippen LogP contribution < -0.4 is 4.74 Å². The van der Waals surface area contributed by atoms with Crippen LogP contribution in [0.4, 0.5) is 0 Å². The molecule has 0 bridgehead atoms. The number of fused-ring (bicyclic) bond motifs is 1. The van der Waals surface area contributed by atoms with E-state index in [4.69, 9.17) is 4.74 Å². The standard InChI is InChI=1S/C19H21NO/c1-4-13-20-18(15-9-6-5-7-10-15)14(2)16-11-8-12-17(21-3)19(16)20/h5-12H,4,13H2,1-3H3. The normalized spacial score (nSPS) is 11.0. The van der Waals surface area contributed by atoms with Gasteiger partial charge in [0.05, 0.1) is 18.3 Å². The van der Waals surface area contributed by atoms with Crippen molar-refractivity contribution in [3.63, 3.8) is 0 Å². The van der Waals surface area contributed by atoms with Crippen LogP contribution in [0.2, 0.25) is 0 Å². The first-order chi connectivity index (χ1) is 10.3. The summed E-state index contributed by atoms with van der Waals surface area (Å²) in [6, 6.07) is 16.9. The molecule has 0 fully saturated rings. The molecule has 2 heteroatoms. The number of para-hydroxylation sites is 1. The predicted molar refractivity (Wildman–Crippen MR) is 89.0 cm³/mol. The van der Waals surface area contributed by atoms with Gasteiger partial charge < -0.3 is 9.30 Å². The highest BCUT2D eigenvalue weighted by atomic mass is 16.5. The Kier molecular flexibility index (Phi) is 3.70. The summed E-state index contributed by atoms with van der Waals surface area (Å²) >= 11 is 0. The SMILES string of the molecule is CCCn1c(-c2ccccc2)c(C)c2cccc(OC)c21. The first-order valence-corrected chi connectivity index (χ1v) is 7.49. The van der Waals surface area contributed by atoms with Crippen LogP contribution in [0, 0.1) is 6.92 Å². The van der Waals surface area contributed by atoms with E-state index in [0.29, 0.717) is 0 Å². The summed E-state index contributed by atoms with van der Waals surface area (Å²) in [6.45, 7) is 5.41. The van der Waals surface area contributed by atoms with Crippen LogP contribution in [0.15, 0.2) is 48.5 Å². The molecular formula is C19H21NO. The van der Waals surface area contributed by atoms with Crippen molar-refractivity contribution in [2.24, 2.45) is 0 Å². The van der Waals surface area contributed by atoms with Crippen LogP contribution in [0.25, 0.3) is 22.2 Å². The van der Waals surface area contributed by atoms with E-state index < -0.39 is 0 Å². The van der Waals surface area contributed by atoms with Gasteiger partial charge in [-0.1, -0.05) is 49.4 Å². The van der Waals surface area contributed by atoms with Crippen molar-refractivity contribution in [1.29, 1.82) is 0 Å². The lowest BCUT2D eigenvalue weighted by Gasteiger charge is -2.12. The van der Waals surface area contributed by atoms with E-state index in [1.165, 1.54) is 27.7 Å². The van der Waals surface area contributed by atoms with Crippen molar-refractivity contribution < 1.29 is 4.74 Å². The molecule has 0 saturated carbocycles. The smallest absolute Gasteiger partial charge is 0.143 e. The number of rotatable bonds is 4. The van der Waals surface area contributed by atoms with Gasteiger partial charge in [0, 0.05) is 11.9 Å². The van der Waals surface area contributed by atoms with Crippen LogP contribution in [0.3, 0.4) is 0 Å². The lowest BCUT2D eigenvalue weighted by molar-refractivity contribution is 0.417. The molecule has 0 radical (unpaired) electrons. The number of hydrogen-bond acceptors (Lipinski definition) is 1. The molecule has 0 atom stereocenters. The van der Waals surface area contributed by atoms with Crippen LogP contribution in [-0.4, -0.2) is 11.7 Å². The minimum Gasteiger partial charge on any atom is -0.495 e. The molecule has 3 aromatic rings. The Labute approximate surface area is 126 Å². The predicted octanol–water partition coefficient (Wildman–Crippen LogP) is 5.04. The van der Waals surface area contributed by atoms with Gasteiger partial charge in [0.25, 0.3) is 0 Å². The second kappa shape index (κ2) is 5.65. The van der Waals surface area contributed by atoms with Gasteiger partial charge >= 0.3 is 0 Å². The molecule has 21 heavy (non-hydrogen) atoms. The minimum atomic E-state index is 0.950. The maximum Gasteiger partial charge on any atom is 0.143 e. The number of ether oxygens (including phenoxy) is 1. The third-order valence-corrected chi connectivity index (χ3v) is 4.01. The fraction of sp³-hybridized carbons (Fsp3) is 0.263. The summed E-state index contributed by atoms with van der Waals surface area (Å²) < 4.78 is 8.00. The Morgan fingerprint density at radius 2 is 1.76 bits per heavy atom. The molecule has 3 rings (SSSR count). The largest absolute Gasteiger partial charge is 0.495 e. The molecule has 0 amide bonds. The number of aryl methyl sites for hydroxylation is 2. The highest BCUT2D eigenvalue weighted by Gasteiger charge is 2.17. The summed E-state index contributed by atoms with van der Waals surface area (Å²) in [6.07, 6.45) is 1.10. The fourth-order valence-corrected chi connectivity index (χ4v) is 3.13. The van der Waals surface area contributed by atoms with Gasteiger partial charge in [-0.2, -0.15) is 0 Å². The van der Waals surface area contributed by atoms with Crippen molar-refractivity contribution in [1.82, 2.24) is 4.57 Å². The first-order valence-electron chi connectivity index (χ1n) is 7.49. The molecule has 0 spiro atoms. The zero-order valence-electron chi connectivity index (χ0n) is 12.9. The topological polar surface area (TPSA) is 14.2 Å². The molecule has 0 unspecified atom stereocenters. The van der Waals surface area contributed by atoms with Crippen LogP contribution in [0.1, 0.15) is 18.9 Å². The van der Waals surface area contributed by atoms with Gasteiger partial charge in [0.1, 0.15) is 5.75 Å². The van der Waals surface area contributed by atoms with E-state index in [1.807, 2.05) is 6.07 Å². The quantitative estimate of drug-likeness (QED) is 0.653. The molecule has 0 saturated heterocycles. The number of aromatic nitrogens is 1. The molecule has 2 aromatic carbocycles. The van der Waals surface area contributed by atoms with Gasteiger partial charge in [0.2, 0.25) is 0 Å². The van der Waals surface area contributed by atoms with Crippen LogP contribution in [-0.2, 0) is 6.54 Å². The fourth-order valence-electron chi connectivity index (χ4n) is 3.13. The van der Waals surface area contributed by atoms with Crippen molar-refractivity contribution in [3.8, 4) is 17.0 Å². The third-order valence-electron chi connectivity index (χ3n) is 4.01. The van der Waals surface area contributed by atoms with Gasteiger partial charge in [-0.3, -0.25) is 0 Å². The number of methoxy groups -OCH3 is 1. The Morgan fingerprint density at radius 1 is 1.00 bits per heavy atom. The summed E-state index contributed by atoms with van der Waals surface area (Å²) in [5, 5.41) is 1.28. The molecule has 0 N–H and O–H groups in total. The number of nitrogens with zero attached hydrogens (tertiary/aromatic N) is 1. The van der Waals surface area contributed by atoms with Crippen LogP contribution >= 0.6 is 0 Å². The summed E-state index contributed by atoms with van der Waals surface area (Å²) in [7, 11) is 1.75. The van der Waals surface area contributed by atoms with Crippen LogP contribution in [0.5, 0.6) is 5.75 Å². The second-order valence-corrected chi connectivity index (χ2v) is 5.35. The monoisotopic (exact) mass is 279 g/mol. The van der Waals surface area contributed by atoms with Gasteiger partial charge in [0.15, 0.2) is 0 Å². The summed E-state index contributed by atoms with van der Waals surface area (Å²) in [5.74, 6) is 0.950. The number of hydrogen-bond donors (Lipinski definition) is 0. The molecular weight excluding hydrogens is 258 g/mol. The van der Waals surface area contributed by atoms with E-state index in [-0.39, 0.29) is 0 Å². The average Bonchev–Trinajstić information content (AvgIpc) is 2.81. The molecule has 1 aromatic heterocycles. The van der Waals surface area contributed by atoms with Crippen molar-refractivity contribution >= 4 is 10.9 Å². The maximum absolute atomic E-state index is 5.60. The second-order valence-electron chi connectivity index (χ2n) is 5.35. The summed E-state index contributed by atoms with van der Waals surface area (Å²) in [4.78, 5) is 0. The lowest BCUT2D eigenvalue weighted by Crippen LogP contribution is -2.00. The Bertz CT molecular complexity index is 756. The molecule has 0 aliphatic heterocycles. The van der Waals surface area contributed by atoms with E-state index in [1.54, 1.807) is 7.11 Å². The van der Waals surface area contributed by atoms with Gasteiger partial charge in [-0.05, 0) is 30.5 Å². The zero-order chi connectivity index (χ0) is 14.8. The lowest BCUT2D eigenvalue weighted by atomic mass is 10.1. The molecule has 108 valence electrons. The molecule has 2 nitrogen and oxygen atoms in total. The van der Waals surface area contributed by atoms with E-state index in [2.05, 4.69) is 60.9 Å². The zero-order valence-corrected chi connectivity index (χ0v) is 12.9. The van der Waals surface area contributed by atoms with Crippen molar-refractivity contribution in [2.75, 3.05) is 7.11 Å². The van der Waals surface area contributed by atoms with E-state index in [0.717, 1.165) is 18.7 Å². The Balaban J connectivity index is 2.38. The Morgan fingerprint density at radius 3 is 2.43 bits per heavy atom.